The SMILES string of the molecule is COc1ccc(-n2ccn(CC(=O)Nc3cccc(F)c3)c2=O)cc1. The third-order valence-corrected chi connectivity index (χ3v) is 3.62. The van der Waals surface area contributed by atoms with Crippen molar-refractivity contribution in [2.45, 2.75) is 6.54 Å². The van der Waals surface area contributed by atoms with Crippen molar-refractivity contribution in [1.82, 2.24) is 9.13 Å². The van der Waals surface area contributed by atoms with Crippen LogP contribution >= 0.6 is 0 Å². The molecular weight excluding hydrogens is 325 g/mol. The largest absolute Gasteiger partial charge is 0.497 e. The quantitative estimate of drug-likeness (QED) is 0.775. The summed E-state index contributed by atoms with van der Waals surface area (Å²) in [6.45, 7) is -0.168. The van der Waals surface area contributed by atoms with Crippen molar-refractivity contribution in [2.24, 2.45) is 0 Å². The molecule has 0 fully saturated rings. The second kappa shape index (κ2) is 7.04. The second-order valence-electron chi connectivity index (χ2n) is 5.34. The molecule has 0 saturated carbocycles. The van der Waals surface area contributed by atoms with Gasteiger partial charge in [-0.25, -0.2) is 9.18 Å². The van der Waals surface area contributed by atoms with E-state index in [0.717, 1.165) is 0 Å². The molecule has 0 aliphatic rings. The van der Waals surface area contributed by atoms with Crippen LogP contribution in [-0.4, -0.2) is 22.2 Å². The molecular formula is C18H16FN3O3. The van der Waals surface area contributed by atoms with E-state index in [4.69, 9.17) is 4.74 Å². The van der Waals surface area contributed by atoms with Crippen LogP contribution in [0.4, 0.5) is 10.1 Å². The summed E-state index contributed by atoms with van der Waals surface area (Å²) in [6.07, 6.45) is 3.11. The van der Waals surface area contributed by atoms with Crippen molar-refractivity contribution in [2.75, 3.05) is 12.4 Å². The van der Waals surface area contributed by atoms with Crippen LogP contribution in [0.5, 0.6) is 5.75 Å². The fourth-order valence-corrected chi connectivity index (χ4v) is 2.39. The first-order valence-corrected chi connectivity index (χ1v) is 7.54. The Balaban J connectivity index is 1.74. The number of imidazole rings is 1. The fourth-order valence-electron chi connectivity index (χ4n) is 2.39. The first-order valence-electron chi connectivity index (χ1n) is 7.54. The number of halogens is 1. The van der Waals surface area contributed by atoms with Crippen LogP contribution in [0.1, 0.15) is 0 Å². The molecule has 0 aliphatic heterocycles. The molecule has 1 amide bonds. The summed E-state index contributed by atoms with van der Waals surface area (Å²) in [5, 5.41) is 2.56. The van der Waals surface area contributed by atoms with E-state index in [1.807, 2.05) is 0 Å². The molecule has 0 aliphatic carbocycles. The standard InChI is InChI=1S/C18H16FN3O3/c1-25-16-7-5-15(6-8-16)22-10-9-21(18(22)24)12-17(23)20-14-4-2-3-13(19)11-14/h2-11H,12H2,1H3,(H,20,23). The van der Waals surface area contributed by atoms with E-state index in [1.54, 1.807) is 43.6 Å². The number of methoxy groups -OCH3 is 1. The molecule has 2 aromatic carbocycles. The fraction of sp³-hybridized carbons (Fsp3) is 0.111. The molecule has 128 valence electrons. The molecule has 0 unspecified atom stereocenters. The zero-order chi connectivity index (χ0) is 17.8. The zero-order valence-corrected chi connectivity index (χ0v) is 13.5. The molecule has 0 saturated heterocycles. The number of aromatic nitrogens is 2. The van der Waals surface area contributed by atoms with Gasteiger partial charge in [0.25, 0.3) is 0 Å². The van der Waals surface area contributed by atoms with Crippen molar-refractivity contribution < 1.29 is 13.9 Å². The van der Waals surface area contributed by atoms with E-state index in [-0.39, 0.29) is 12.2 Å². The van der Waals surface area contributed by atoms with Crippen LogP contribution in [0, 0.1) is 5.82 Å². The number of nitrogens with one attached hydrogen (secondary N) is 1. The Morgan fingerprint density at radius 2 is 1.92 bits per heavy atom. The van der Waals surface area contributed by atoms with Gasteiger partial charge < -0.3 is 10.1 Å². The van der Waals surface area contributed by atoms with Crippen LogP contribution < -0.4 is 15.7 Å². The first-order chi connectivity index (χ1) is 12.1. The molecule has 1 N–H and O–H groups in total. The minimum Gasteiger partial charge on any atom is -0.497 e. The van der Waals surface area contributed by atoms with Gasteiger partial charge in [0.1, 0.15) is 18.1 Å². The molecule has 3 aromatic rings. The van der Waals surface area contributed by atoms with Gasteiger partial charge in [0.15, 0.2) is 0 Å². The van der Waals surface area contributed by atoms with Crippen LogP contribution in [0.25, 0.3) is 5.69 Å². The number of anilines is 1. The Hall–Kier alpha value is -3.35. The van der Waals surface area contributed by atoms with Crippen LogP contribution in [0.15, 0.2) is 65.7 Å². The third-order valence-electron chi connectivity index (χ3n) is 3.62. The van der Waals surface area contributed by atoms with Gasteiger partial charge in [-0.05, 0) is 42.5 Å². The topological polar surface area (TPSA) is 65.3 Å². The molecule has 0 spiro atoms. The lowest BCUT2D eigenvalue weighted by Crippen LogP contribution is -2.28. The first kappa shape index (κ1) is 16.5. The van der Waals surface area contributed by atoms with Gasteiger partial charge in [-0.2, -0.15) is 0 Å². The summed E-state index contributed by atoms with van der Waals surface area (Å²) in [6, 6.07) is 12.6. The predicted molar refractivity (Wildman–Crippen MR) is 91.6 cm³/mol. The highest BCUT2D eigenvalue weighted by molar-refractivity contribution is 5.90. The van der Waals surface area contributed by atoms with Gasteiger partial charge in [-0.1, -0.05) is 6.07 Å². The second-order valence-corrected chi connectivity index (χ2v) is 5.34. The number of carbonyl (C=O) groups is 1. The molecule has 25 heavy (non-hydrogen) atoms. The summed E-state index contributed by atoms with van der Waals surface area (Å²) in [4.78, 5) is 24.5. The van der Waals surface area contributed by atoms with Crippen molar-refractivity contribution in [3.05, 3.63) is 77.2 Å². The van der Waals surface area contributed by atoms with Crippen LogP contribution in [0.2, 0.25) is 0 Å². The van der Waals surface area contributed by atoms with E-state index in [2.05, 4.69) is 5.32 Å². The Morgan fingerprint density at radius 3 is 2.60 bits per heavy atom. The lowest BCUT2D eigenvalue weighted by atomic mass is 10.3. The minimum atomic E-state index is -0.444. The molecule has 3 rings (SSSR count). The van der Waals surface area contributed by atoms with Gasteiger partial charge in [-0.3, -0.25) is 13.9 Å². The Labute approximate surface area is 143 Å². The summed E-state index contributed by atoms with van der Waals surface area (Å²) in [5.74, 6) is -0.175. The van der Waals surface area contributed by atoms with Crippen molar-refractivity contribution in [1.29, 1.82) is 0 Å². The number of rotatable bonds is 5. The van der Waals surface area contributed by atoms with Gasteiger partial charge in [0.2, 0.25) is 5.91 Å². The van der Waals surface area contributed by atoms with Crippen LogP contribution in [-0.2, 0) is 11.3 Å². The van der Waals surface area contributed by atoms with E-state index in [9.17, 15) is 14.0 Å². The van der Waals surface area contributed by atoms with Gasteiger partial charge in [0.05, 0.1) is 12.8 Å². The molecule has 1 aromatic heterocycles. The maximum absolute atomic E-state index is 13.1. The number of hydrogen-bond donors (Lipinski definition) is 1. The summed E-state index contributed by atoms with van der Waals surface area (Å²) >= 11 is 0. The minimum absolute atomic E-state index is 0.168. The summed E-state index contributed by atoms with van der Waals surface area (Å²) in [5.41, 5.74) is 0.655. The van der Waals surface area contributed by atoms with Crippen LogP contribution in [0.3, 0.4) is 0 Å². The highest BCUT2D eigenvalue weighted by Crippen LogP contribution is 2.13. The average Bonchev–Trinajstić information content (AvgIpc) is 2.95. The highest BCUT2D eigenvalue weighted by atomic mass is 19.1. The predicted octanol–water partition coefficient (Wildman–Crippen LogP) is 2.43. The number of amides is 1. The van der Waals surface area contributed by atoms with Crippen molar-refractivity contribution in [3.8, 4) is 11.4 Å². The van der Waals surface area contributed by atoms with Gasteiger partial charge in [0, 0.05) is 18.1 Å². The Morgan fingerprint density at radius 1 is 1.16 bits per heavy atom. The Bertz CT molecular complexity index is 945. The molecule has 1 heterocycles. The maximum Gasteiger partial charge on any atom is 0.333 e. The van der Waals surface area contributed by atoms with Crippen molar-refractivity contribution in [3.63, 3.8) is 0 Å². The molecule has 7 heteroatoms. The van der Waals surface area contributed by atoms with Crippen molar-refractivity contribution >= 4 is 11.6 Å². The zero-order valence-electron chi connectivity index (χ0n) is 13.5. The highest BCUT2D eigenvalue weighted by Gasteiger charge is 2.10. The van der Waals surface area contributed by atoms with E-state index in [1.165, 1.54) is 33.5 Å². The molecule has 0 radical (unpaired) electrons. The maximum atomic E-state index is 13.1. The lowest BCUT2D eigenvalue weighted by molar-refractivity contribution is -0.116. The number of nitrogens with zero attached hydrogens (tertiary/aromatic N) is 2. The van der Waals surface area contributed by atoms with Gasteiger partial charge in [-0.15, -0.1) is 0 Å². The third kappa shape index (κ3) is 3.77. The summed E-state index contributed by atoms with van der Waals surface area (Å²) in [7, 11) is 1.56. The summed E-state index contributed by atoms with van der Waals surface area (Å²) < 4.78 is 20.9. The molecule has 0 bridgehead atoms. The van der Waals surface area contributed by atoms with E-state index in [0.29, 0.717) is 17.1 Å². The number of benzene rings is 2. The Kier molecular flexibility index (Phi) is 4.65. The molecule has 0 atom stereocenters. The monoisotopic (exact) mass is 341 g/mol. The van der Waals surface area contributed by atoms with Gasteiger partial charge >= 0.3 is 5.69 Å². The number of ether oxygens (including phenoxy) is 1. The smallest absolute Gasteiger partial charge is 0.333 e. The lowest BCUT2D eigenvalue weighted by Gasteiger charge is -2.06. The normalized spacial score (nSPS) is 10.5. The average molecular weight is 341 g/mol. The number of hydrogen-bond acceptors (Lipinski definition) is 3. The van der Waals surface area contributed by atoms with E-state index < -0.39 is 11.7 Å². The number of carbonyl (C=O) groups excluding carboxylic acids is 1. The molecule has 6 nitrogen and oxygen atoms in total. The van der Waals surface area contributed by atoms with E-state index >= 15 is 0 Å².